The molecule has 3 rings (SSSR count). The summed E-state index contributed by atoms with van der Waals surface area (Å²) >= 11 is 1.22. The Morgan fingerprint density at radius 3 is 2.95 bits per heavy atom. The third-order valence-electron chi connectivity index (χ3n) is 3.57. The number of halogens is 2. The number of piperidine rings is 1. The Kier molecular flexibility index (Phi) is 4.44. The summed E-state index contributed by atoms with van der Waals surface area (Å²) in [5.41, 5.74) is 0.600. The van der Waals surface area contributed by atoms with Crippen LogP contribution in [0.25, 0.3) is 11.3 Å². The van der Waals surface area contributed by atoms with E-state index in [-0.39, 0.29) is 17.5 Å². The Labute approximate surface area is 130 Å². The summed E-state index contributed by atoms with van der Waals surface area (Å²) in [6, 6.07) is 3.14. The number of rotatable bonds is 3. The van der Waals surface area contributed by atoms with Crippen molar-refractivity contribution in [2.75, 3.05) is 11.9 Å². The van der Waals surface area contributed by atoms with Crippen molar-refractivity contribution in [3.05, 3.63) is 35.2 Å². The van der Waals surface area contributed by atoms with Crippen molar-refractivity contribution in [2.45, 2.75) is 25.3 Å². The fourth-order valence-corrected chi connectivity index (χ4v) is 3.13. The van der Waals surface area contributed by atoms with Crippen LogP contribution in [0.4, 0.5) is 13.9 Å². The van der Waals surface area contributed by atoms with Gasteiger partial charge >= 0.3 is 0 Å². The zero-order chi connectivity index (χ0) is 15.5. The fourth-order valence-electron chi connectivity index (χ4n) is 2.42. The number of hydrogen-bond donors (Lipinski definition) is 2. The number of aromatic nitrogens is 1. The number of nitrogens with zero attached hydrogens (tertiary/aromatic N) is 1. The van der Waals surface area contributed by atoms with Gasteiger partial charge in [-0.25, -0.2) is 13.8 Å². The Hall–Kier alpha value is -1.86. The smallest absolute Gasteiger partial charge is 0.243 e. The lowest BCUT2D eigenvalue weighted by Gasteiger charge is -2.21. The van der Waals surface area contributed by atoms with Gasteiger partial charge in [0.2, 0.25) is 5.91 Å². The van der Waals surface area contributed by atoms with Gasteiger partial charge in [-0.15, -0.1) is 11.3 Å². The van der Waals surface area contributed by atoms with E-state index >= 15 is 0 Å². The SMILES string of the molecule is O=C(Nc1nc(-c2ccc(F)cc2F)cs1)[C@@H]1CCCCN1. The van der Waals surface area contributed by atoms with Gasteiger partial charge < -0.3 is 10.6 Å². The van der Waals surface area contributed by atoms with Crippen LogP contribution in [0, 0.1) is 11.6 Å². The first-order chi connectivity index (χ1) is 10.6. The highest BCUT2D eigenvalue weighted by molar-refractivity contribution is 7.14. The lowest BCUT2D eigenvalue weighted by Crippen LogP contribution is -2.43. The molecular formula is C15H15F2N3OS. The molecule has 116 valence electrons. The van der Waals surface area contributed by atoms with Crippen molar-refractivity contribution in [1.29, 1.82) is 0 Å². The highest BCUT2D eigenvalue weighted by Gasteiger charge is 2.21. The molecule has 2 N–H and O–H groups in total. The summed E-state index contributed by atoms with van der Waals surface area (Å²) in [4.78, 5) is 16.3. The van der Waals surface area contributed by atoms with Gasteiger partial charge in [-0.3, -0.25) is 4.79 Å². The van der Waals surface area contributed by atoms with Crippen molar-refractivity contribution < 1.29 is 13.6 Å². The van der Waals surface area contributed by atoms with Crippen molar-refractivity contribution in [3.8, 4) is 11.3 Å². The summed E-state index contributed by atoms with van der Waals surface area (Å²) in [6.45, 7) is 0.835. The first-order valence-electron chi connectivity index (χ1n) is 7.08. The molecule has 1 aromatic heterocycles. The molecule has 1 saturated heterocycles. The molecule has 0 spiro atoms. The molecule has 1 aliphatic heterocycles. The third kappa shape index (κ3) is 3.31. The molecule has 2 aromatic rings. The molecule has 1 amide bonds. The number of benzene rings is 1. The van der Waals surface area contributed by atoms with Crippen LogP contribution >= 0.6 is 11.3 Å². The predicted octanol–water partition coefficient (Wildman–Crippen LogP) is 3.17. The van der Waals surface area contributed by atoms with E-state index in [0.717, 1.165) is 31.9 Å². The maximum atomic E-state index is 13.7. The number of carbonyl (C=O) groups is 1. The summed E-state index contributed by atoms with van der Waals surface area (Å²) in [5, 5.41) is 7.95. The van der Waals surface area contributed by atoms with E-state index in [9.17, 15) is 13.6 Å². The number of anilines is 1. The molecule has 0 unspecified atom stereocenters. The van der Waals surface area contributed by atoms with Gasteiger partial charge in [0.05, 0.1) is 11.7 Å². The molecule has 0 aliphatic carbocycles. The van der Waals surface area contributed by atoms with Crippen LogP contribution in [-0.4, -0.2) is 23.5 Å². The summed E-state index contributed by atoms with van der Waals surface area (Å²) in [5.74, 6) is -1.43. The second kappa shape index (κ2) is 6.50. The lowest BCUT2D eigenvalue weighted by molar-refractivity contribution is -0.118. The minimum Gasteiger partial charge on any atom is -0.306 e. The molecule has 1 fully saturated rings. The zero-order valence-electron chi connectivity index (χ0n) is 11.7. The second-order valence-corrected chi connectivity index (χ2v) is 6.01. The number of carbonyl (C=O) groups excluding carboxylic acids is 1. The molecule has 1 aliphatic rings. The average Bonchev–Trinajstić information content (AvgIpc) is 2.96. The monoisotopic (exact) mass is 323 g/mol. The average molecular weight is 323 g/mol. The number of nitrogens with one attached hydrogen (secondary N) is 2. The molecular weight excluding hydrogens is 308 g/mol. The van der Waals surface area contributed by atoms with E-state index in [2.05, 4.69) is 15.6 Å². The van der Waals surface area contributed by atoms with Crippen LogP contribution in [0.2, 0.25) is 0 Å². The second-order valence-electron chi connectivity index (χ2n) is 5.15. The van der Waals surface area contributed by atoms with E-state index in [1.54, 1.807) is 5.38 Å². The molecule has 0 radical (unpaired) electrons. The highest BCUT2D eigenvalue weighted by Crippen LogP contribution is 2.27. The Balaban J connectivity index is 1.72. The Bertz CT molecular complexity index is 683. The van der Waals surface area contributed by atoms with Crippen molar-refractivity contribution >= 4 is 22.4 Å². The normalized spacial score (nSPS) is 18.2. The number of hydrogen-bond acceptors (Lipinski definition) is 4. The summed E-state index contributed by atoms with van der Waals surface area (Å²) in [6.07, 6.45) is 2.90. The van der Waals surface area contributed by atoms with E-state index in [1.165, 1.54) is 23.5 Å². The van der Waals surface area contributed by atoms with Gasteiger partial charge in [0.15, 0.2) is 5.13 Å². The van der Waals surface area contributed by atoms with Crippen LogP contribution in [0.3, 0.4) is 0 Å². The van der Waals surface area contributed by atoms with E-state index in [4.69, 9.17) is 0 Å². The van der Waals surface area contributed by atoms with E-state index in [1.807, 2.05) is 0 Å². The van der Waals surface area contributed by atoms with Gasteiger partial charge in [0, 0.05) is 17.0 Å². The lowest BCUT2D eigenvalue weighted by atomic mass is 10.0. The standard InChI is InChI=1S/C15H15F2N3OS/c16-9-4-5-10(11(17)7-9)13-8-22-15(19-13)20-14(21)12-3-1-2-6-18-12/h4-5,7-8,12,18H,1-3,6H2,(H,19,20,21)/t12-/m0/s1. The molecule has 1 atom stereocenters. The van der Waals surface area contributed by atoms with Crippen molar-refractivity contribution in [2.24, 2.45) is 0 Å². The van der Waals surface area contributed by atoms with E-state index < -0.39 is 11.6 Å². The van der Waals surface area contributed by atoms with Crippen LogP contribution in [0.15, 0.2) is 23.6 Å². The minimum atomic E-state index is -0.669. The first kappa shape index (κ1) is 15.1. The van der Waals surface area contributed by atoms with Crippen molar-refractivity contribution in [3.63, 3.8) is 0 Å². The third-order valence-corrected chi connectivity index (χ3v) is 4.33. The molecule has 7 heteroatoms. The fraction of sp³-hybridized carbons (Fsp3) is 0.333. The Morgan fingerprint density at radius 2 is 2.23 bits per heavy atom. The summed E-state index contributed by atoms with van der Waals surface area (Å²) < 4.78 is 26.7. The maximum Gasteiger partial charge on any atom is 0.243 e. The predicted molar refractivity (Wildman–Crippen MR) is 81.7 cm³/mol. The molecule has 0 bridgehead atoms. The van der Waals surface area contributed by atoms with Gasteiger partial charge in [-0.2, -0.15) is 0 Å². The molecule has 0 saturated carbocycles. The number of amides is 1. The topological polar surface area (TPSA) is 54.0 Å². The van der Waals surface area contributed by atoms with Gasteiger partial charge in [-0.1, -0.05) is 6.42 Å². The van der Waals surface area contributed by atoms with Gasteiger partial charge in [0.1, 0.15) is 11.6 Å². The zero-order valence-corrected chi connectivity index (χ0v) is 12.6. The molecule has 2 heterocycles. The van der Waals surface area contributed by atoms with Crippen LogP contribution in [0.5, 0.6) is 0 Å². The minimum absolute atomic E-state index is 0.125. The highest BCUT2D eigenvalue weighted by atomic mass is 32.1. The maximum absolute atomic E-state index is 13.7. The van der Waals surface area contributed by atoms with E-state index in [0.29, 0.717) is 10.8 Å². The van der Waals surface area contributed by atoms with Gasteiger partial charge in [0.25, 0.3) is 0 Å². The quantitative estimate of drug-likeness (QED) is 0.912. The summed E-state index contributed by atoms with van der Waals surface area (Å²) in [7, 11) is 0. The largest absolute Gasteiger partial charge is 0.306 e. The van der Waals surface area contributed by atoms with Crippen LogP contribution in [0.1, 0.15) is 19.3 Å². The molecule has 4 nitrogen and oxygen atoms in total. The Morgan fingerprint density at radius 1 is 1.36 bits per heavy atom. The number of thiazole rings is 1. The molecule has 1 aromatic carbocycles. The van der Waals surface area contributed by atoms with Crippen LogP contribution in [-0.2, 0) is 4.79 Å². The first-order valence-corrected chi connectivity index (χ1v) is 7.96. The van der Waals surface area contributed by atoms with Crippen molar-refractivity contribution in [1.82, 2.24) is 10.3 Å². The van der Waals surface area contributed by atoms with Gasteiger partial charge in [-0.05, 0) is 31.5 Å². The molecule has 22 heavy (non-hydrogen) atoms. The van der Waals surface area contributed by atoms with Crippen LogP contribution < -0.4 is 10.6 Å².